The summed E-state index contributed by atoms with van der Waals surface area (Å²) in [4.78, 5) is 17.1. The Morgan fingerprint density at radius 1 is 1.23 bits per heavy atom. The van der Waals surface area contributed by atoms with Crippen molar-refractivity contribution in [3.63, 3.8) is 0 Å². The second-order valence-corrected chi connectivity index (χ2v) is 12.7. The molecule has 0 aromatic rings. The van der Waals surface area contributed by atoms with Crippen LogP contribution >= 0.6 is 0 Å². The van der Waals surface area contributed by atoms with Crippen molar-refractivity contribution >= 4 is 22.0 Å². The van der Waals surface area contributed by atoms with E-state index in [4.69, 9.17) is 0 Å². The number of amides is 1. The van der Waals surface area contributed by atoms with E-state index >= 15 is 0 Å². The molecule has 4 aliphatic rings. The van der Waals surface area contributed by atoms with E-state index in [0.717, 1.165) is 32.1 Å². The van der Waals surface area contributed by atoms with Crippen molar-refractivity contribution in [2.24, 2.45) is 22.2 Å². The van der Waals surface area contributed by atoms with Crippen LogP contribution in [-0.4, -0.2) is 43.7 Å². The quantitative estimate of drug-likeness (QED) is 0.595. The van der Waals surface area contributed by atoms with Gasteiger partial charge < -0.3 is 10.6 Å². The number of nitrogens with one attached hydrogen (secondary N) is 2. The molecule has 170 valence electrons. The molecule has 1 amide bonds. The minimum absolute atomic E-state index is 0.0166. The number of carbonyl (C=O) groups is 1. The number of hydrogen-bond donors (Lipinski definition) is 2. The van der Waals surface area contributed by atoms with Gasteiger partial charge in [-0.3, -0.25) is 9.79 Å². The number of rotatable bonds is 8. The van der Waals surface area contributed by atoms with Gasteiger partial charge in [-0.1, -0.05) is 12.8 Å². The average Bonchev–Trinajstić information content (AvgIpc) is 3.65. The summed E-state index contributed by atoms with van der Waals surface area (Å²) in [6.45, 7) is 4.02. The first-order valence-electron chi connectivity index (χ1n) is 11.6. The number of hydrogen-bond acceptors (Lipinski definition) is 6. The highest BCUT2D eigenvalue weighted by Crippen LogP contribution is 2.48. The minimum atomic E-state index is -3.00. The molecule has 3 aliphatic carbocycles. The Balaban J connectivity index is 1.38. The Morgan fingerprint density at radius 2 is 1.87 bits per heavy atom. The summed E-state index contributed by atoms with van der Waals surface area (Å²) in [6, 6.07) is 2.10. The SMILES string of the molecule is CC1=C(C(=O)NCC2(CC3CC3)CCC(S(=O)(=O)CC3CC3)CC2)C=NC(C)(C#N)N1. The van der Waals surface area contributed by atoms with Crippen molar-refractivity contribution in [3.05, 3.63) is 11.3 Å². The minimum Gasteiger partial charge on any atom is -0.353 e. The van der Waals surface area contributed by atoms with Gasteiger partial charge in [0, 0.05) is 18.5 Å². The van der Waals surface area contributed by atoms with Crippen LogP contribution in [0.1, 0.15) is 71.6 Å². The van der Waals surface area contributed by atoms with Crippen molar-refractivity contribution in [1.82, 2.24) is 10.6 Å². The van der Waals surface area contributed by atoms with Gasteiger partial charge in [0.25, 0.3) is 5.91 Å². The van der Waals surface area contributed by atoms with Crippen molar-refractivity contribution in [2.75, 3.05) is 12.3 Å². The lowest BCUT2D eigenvalue weighted by Crippen LogP contribution is -2.46. The zero-order chi connectivity index (χ0) is 22.3. The molecule has 1 heterocycles. The fraction of sp³-hybridized carbons (Fsp3) is 0.783. The molecule has 3 saturated carbocycles. The van der Waals surface area contributed by atoms with Crippen LogP contribution in [0.3, 0.4) is 0 Å². The first-order valence-corrected chi connectivity index (χ1v) is 13.3. The van der Waals surface area contributed by atoms with Gasteiger partial charge in [0.2, 0.25) is 5.66 Å². The van der Waals surface area contributed by atoms with Gasteiger partial charge in [0.05, 0.1) is 16.6 Å². The molecule has 1 atom stereocenters. The maximum Gasteiger partial charge on any atom is 0.254 e. The second kappa shape index (κ2) is 8.23. The van der Waals surface area contributed by atoms with Gasteiger partial charge >= 0.3 is 0 Å². The number of sulfone groups is 1. The van der Waals surface area contributed by atoms with Crippen molar-refractivity contribution < 1.29 is 13.2 Å². The Kier molecular flexibility index (Phi) is 5.93. The normalized spacial score (nSPS) is 33.5. The third-order valence-corrected chi connectivity index (χ3v) is 9.88. The van der Waals surface area contributed by atoms with E-state index in [2.05, 4.69) is 21.7 Å². The van der Waals surface area contributed by atoms with Gasteiger partial charge in [-0.15, -0.1) is 0 Å². The molecule has 0 aromatic heterocycles. The van der Waals surface area contributed by atoms with Crippen molar-refractivity contribution in [3.8, 4) is 6.07 Å². The van der Waals surface area contributed by atoms with Gasteiger partial charge in [-0.05, 0) is 76.0 Å². The molecule has 0 bridgehead atoms. The summed E-state index contributed by atoms with van der Waals surface area (Å²) in [6.07, 6.45) is 10.3. The number of nitrogens with zero attached hydrogens (tertiary/aromatic N) is 2. The third-order valence-electron chi connectivity index (χ3n) is 7.46. The summed E-state index contributed by atoms with van der Waals surface area (Å²) in [5.41, 5.74) is 0.0422. The van der Waals surface area contributed by atoms with Crippen molar-refractivity contribution in [1.29, 1.82) is 5.26 Å². The topological polar surface area (TPSA) is 111 Å². The van der Waals surface area contributed by atoms with Crippen LogP contribution in [0.2, 0.25) is 0 Å². The third kappa shape index (κ3) is 5.31. The molecule has 7 nitrogen and oxygen atoms in total. The summed E-state index contributed by atoms with van der Waals surface area (Å²) in [5.74, 6) is 1.29. The highest BCUT2D eigenvalue weighted by atomic mass is 32.2. The zero-order valence-electron chi connectivity index (χ0n) is 18.6. The monoisotopic (exact) mass is 446 g/mol. The molecule has 31 heavy (non-hydrogen) atoms. The van der Waals surface area contributed by atoms with E-state index in [1.54, 1.807) is 13.8 Å². The second-order valence-electron chi connectivity index (χ2n) is 10.4. The fourth-order valence-electron chi connectivity index (χ4n) is 5.10. The largest absolute Gasteiger partial charge is 0.353 e. The summed E-state index contributed by atoms with van der Waals surface area (Å²) in [5, 5.41) is 15.1. The maximum absolute atomic E-state index is 12.9. The molecule has 0 radical (unpaired) electrons. The Bertz CT molecular complexity index is 932. The van der Waals surface area contributed by atoms with Crippen LogP contribution in [0, 0.1) is 28.6 Å². The molecular weight excluding hydrogens is 412 g/mol. The summed E-state index contributed by atoms with van der Waals surface area (Å²) < 4.78 is 25.5. The molecule has 2 N–H and O–H groups in total. The Morgan fingerprint density at radius 3 is 2.42 bits per heavy atom. The summed E-state index contributed by atoms with van der Waals surface area (Å²) in [7, 11) is -3.00. The van der Waals surface area contributed by atoms with Crippen LogP contribution in [0.5, 0.6) is 0 Å². The fourth-order valence-corrected chi connectivity index (χ4v) is 7.32. The number of aliphatic imine (C=N–C) groups is 1. The smallest absolute Gasteiger partial charge is 0.254 e. The number of nitriles is 1. The molecule has 4 rings (SSSR count). The Hall–Kier alpha value is -1.88. The molecule has 0 saturated heterocycles. The molecule has 1 unspecified atom stereocenters. The lowest BCUT2D eigenvalue weighted by atomic mass is 9.70. The van der Waals surface area contributed by atoms with Gasteiger partial charge in [0.15, 0.2) is 9.84 Å². The predicted molar refractivity (Wildman–Crippen MR) is 120 cm³/mol. The first kappa shape index (κ1) is 22.3. The van der Waals surface area contributed by atoms with Gasteiger partial charge in [0.1, 0.15) is 6.07 Å². The standard InChI is InChI=1S/C23H34N4O3S/c1-16-20(12-26-22(2,14-24)27-16)21(28)25-15-23(11-17-3-4-17)9-7-19(8-10-23)31(29,30)13-18-5-6-18/h12,17-19,27H,3-11,13,15H2,1-2H3,(H,25,28). The van der Waals surface area contributed by atoms with Crippen molar-refractivity contribution in [2.45, 2.75) is 82.5 Å². The van der Waals surface area contributed by atoms with Crippen LogP contribution in [0.25, 0.3) is 0 Å². The van der Waals surface area contributed by atoms with E-state index in [1.165, 1.54) is 19.1 Å². The van der Waals surface area contributed by atoms with E-state index in [-0.39, 0.29) is 16.6 Å². The molecule has 0 aromatic carbocycles. The highest BCUT2D eigenvalue weighted by molar-refractivity contribution is 7.92. The molecule has 1 aliphatic heterocycles. The average molecular weight is 447 g/mol. The Labute approximate surface area is 185 Å². The lowest BCUT2D eigenvalue weighted by Gasteiger charge is -2.40. The van der Waals surface area contributed by atoms with Crippen LogP contribution in [-0.2, 0) is 14.6 Å². The summed E-state index contributed by atoms with van der Waals surface area (Å²) >= 11 is 0. The molecular formula is C23H34N4O3S. The van der Waals surface area contributed by atoms with E-state index in [0.29, 0.717) is 48.2 Å². The van der Waals surface area contributed by atoms with Gasteiger partial charge in [-0.25, -0.2) is 8.42 Å². The van der Waals surface area contributed by atoms with E-state index < -0.39 is 15.5 Å². The maximum atomic E-state index is 12.9. The predicted octanol–water partition coefficient (Wildman–Crippen LogP) is 2.84. The van der Waals surface area contributed by atoms with Gasteiger partial charge in [-0.2, -0.15) is 5.26 Å². The van der Waals surface area contributed by atoms with E-state index in [9.17, 15) is 18.5 Å². The first-order chi connectivity index (χ1) is 14.6. The van der Waals surface area contributed by atoms with Crippen LogP contribution in [0.4, 0.5) is 0 Å². The van der Waals surface area contributed by atoms with Crippen LogP contribution in [0.15, 0.2) is 16.3 Å². The zero-order valence-corrected chi connectivity index (χ0v) is 19.4. The van der Waals surface area contributed by atoms with E-state index in [1.807, 2.05) is 0 Å². The molecule has 3 fully saturated rings. The number of carbonyl (C=O) groups excluding carboxylic acids is 1. The lowest BCUT2D eigenvalue weighted by molar-refractivity contribution is -0.117. The molecule has 0 spiro atoms. The number of allylic oxidation sites excluding steroid dienone is 1. The van der Waals surface area contributed by atoms with Crippen LogP contribution < -0.4 is 10.6 Å². The molecule has 8 heteroatoms. The highest BCUT2D eigenvalue weighted by Gasteiger charge is 2.44.